The summed E-state index contributed by atoms with van der Waals surface area (Å²) >= 11 is 12.2. The summed E-state index contributed by atoms with van der Waals surface area (Å²) in [4.78, 5) is 1.83. The monoisotopic (exact) mass is 555 g/mol. The first kappa shape index (κ1) is 25.6. The number of nitrogens with one attached hydrogen (secondary N) is 2. The Balaban J connectivity index is 1.75. The molecule has 0 aliphatic carbocycles. The van der Waals surface area contributed by atoms with Crippen LogP contribution in [0.4, 0.5) is 17.1 Å². The number of rotatable bonds is 7. The lowest BCUT2D eigenvalue weighted by Crippen LogP contribution is -2.37. The van der Waals surface area contributed by atoms with E-state index in [4.69, 9.17) is 27.9 Å². The van der Waals surface area contributed by atoms with Crippen molar-refractivity contribution in [1.29, 1.82) is 0 Å². The van der Waals surface area contributed by atoms with Crippen LogP contribution in [0, 0.1) is 6.92 Å². The van der Waals surface area contributed by atoms with Gasteiger partial charge in [-0.15, -0.1) is 0 Å². The van der Waals surface area contributed by atoms with Crippen molar-refractivity contribution in [2.75, 3.05) is 40.6 Å². The van der Waals surface area contributed by atoms with E-state index < -0.39 is 20.0 Å². The molecule has 0 atom stereocenters. The van der Waals surface area contributed by atoms with Gasteiger partial charge >= 0.3 is 0 Å². The number of hydrogen-bond donors (Lipinski definition) is 2. The molecule has 3 aromatic carbocycles. The number of sulfonamides is 2. The Bertz CT molecular complexity index is 1460. The van der Waals surface area contributed by atoms with Gasteiger partial charge in [-0.05, 0) is 61.0 Å². The minimum atomic E-state index is -4.19. The van der Waals surface area contributed by atoms with Crippen LogP contribution in [0.5, 0.6) is 0 Å². The zero-order chi connectivity index (χ0) is 25.2. The normalized spacial score (nSPS) is 14.5. The highest BCUT2D eigenvalue weighted by atomic mass is 35.5. The van der Waals surface area contributed by atoms with Crippen molar-refractivity contribution in [1.82, 2.24) is 0 Å². The summed E-state index contributed by atoms with van der Waals surface area (Å²) in [7, 11) is -8.14. The predicted molar refractivity (Wildman–Crippen MR) is 139 cm³/mol. The Morgan fingerprint density at radius 3 is 2.31 bits per heavy atom. The quantitative estimate of drug-likeness (QED) is 0.436. The number of aryl methyl sites for hydroxylation is 1. The van der Waals surface area contributed by atoms with Crippen molar-refractivity contribution < 1.29 is 21.6 Å². The lowest BCUT2D eigenvalue weighted by atomic mass is 10.2. The van der Waals surface area contributed by atoms with E-state index in [1.165, 1.54) is 36.4 Å². The van der Waals surface area contributed by atoms with Crippen LogP contribution in [-0.2, 0) is 24.8 Å². The summed E-state index contributed by atoms with van der Waals surface area (Å²) < 4.78 is 63.2. The third-order valence-electron chi connectivity index (χ3n) is 5.33. The van der Waals surface area contributed by atoms with E-state index in [-0.39, 0.29) is 26.2 Å². The summed E-state index contributed by atoms with van der Waals surface area (Å²) in [6.07, 6.45) is 0. The molecule has 0 unspecified atom stereocenters. The molecule has 186 valence electrons. The van der Waals surface area contributed by atoms with E-state index in [9.17, 15) is 16.8 Å². The molecule has 35 heavy (non-hydrogen) atoms. The third-order valence-corrected chi connectivity index (χ3v) is 8.66. The summed E-state index contributed by atoms with van der Waals surface area (Å²) in [5.41, 5.74) is 1.40. The zero-order valence-corrected chi connectivity index (χ0v) is 21.8. The van der Waals surface area contributed by atoms with Crippen LogP contribution >= 0.6 is 23.2 Å². The number of ether oxygens (including phenoxy) is 1. The Morgan fingerprint density at radius 1 is 0.857 bits per heavy atom. The van der Waals surface area contributed by atoms with Crippen LogP contribution < -0.4 is 14.3 Å². The van der Waals surface area contributed by atoms with Gasteiger partial charge in [0.05, 0.1) is 40.2 Å². The van der Waals surface area contributed by atoms with Crippen LogP contribution in [0.3, 0.4) is 0 Å². The van der Waals surface area contributed by atoms with Crippen molar-refractivity contribution in [3.8, 4) is 0 Å². The van der Waals surface area contributed by atoms with Gasteiger partial charge < -0.3 is 9.64 Å². The maximum atomic E-state index is 13.5. The van der Waals surface area contributed by atoms with Gasteiger partial charge in [-0.1, -0.05) is 35.3 Å². The second-order valence-corrected chi connectivity index (χ2v) is 12.1. The van der Waals surface area contributed by atoms with E-state index in [0.717, 1.165) is 5.56 Å². The topological polar surface area (TPSA) is 105 Å². The molecule has 1 heterocycles. The molecule has 0 aromatic heterocycles. The molecule has 2 N–H and O–H groups in total. The smallest absolute Gasteiger partial charge is 0.264 e. The highest BCUT2D eigenvalue weighted by Crippen LogP contribution is 2.34. The second kappa shape index (κ2) is 10.2. The average molecular weight is 556 g/mol. The van der Waals surface area contributed by atoms with Gasteiger partial charge in [0, 0.05) is 18.1 Å². The molecule has 1 aliphatic rings. The van der Waals surface area contributed by atoms with Gasteiger partial charge in [-0.2, -0.15) is 0 Å². The zero-order valence-electron chi connectivity index (χ0n) is 18.7. The van der Waals surface area contributed by atoms with Gasteiger partial charge in [0.1, 0.15) is 4.90 Å². The summed E-state index contributed by atoms with van der Waals surface area (Å²) in [5.74, 6) is 0. The van der Waals surface area contributed by atoms with E-state index in [1.54, 1.807) is 31.2 Å². The highest BCUT2D eigenvalue weighted by Gasteiger charge is 2.26. The molecule has 8 nitrogen and oxygen atoms in total. The maximum absolute atomic E-state index is 13.5. The highest BCUT2D eigenvalue weighted by molar-refractivity contribution is 7.93. The fourth-order valence-electron chi connectivity index (χ4n) is 3.63. The Morgan fingerprint density at radius 2 is 1.60 bits per heavy atom. The number of nitrogens with zero attached hydrogens (tertiary/aromatic N) is 1. The molecule has 1 aliphatic heterocycles. The number of benzene rings is 3. The fourth-order valence-corrected chi connectivity index (χ4v) is 6.50. The SMILES string of the molecule is Cc1cccc(S(=O)(=O)Nc2ccc(N3CCOCC3)c(S(=O)(=O)Nc3cc(Cl)ccc3Cl)c2)c1. The Hall–Kier alpha value is -2.50. The van der Waals surface area contributed by atoms with Crippen molar-refractivity contribution in [3.05, 3.63) is 76.3 Å². The van der Waals surface area contributed by atoms with Crippen LogP contribution in [0.2, 0.25) is 10.0 Å². The number of morpholine rings is 1. The first-order chi connectivity index (χ1) is 16.5. The molecule has 1 saturated heterocycles. The molecule has 0 amide bonds. The number of hydrogen-bond acceptors (Lipinski definition) is 6. The molecule has 1 fully saturated rings. The summed E-state index contributed by atoms with van der Waals surface area (Å²) in [6.45, 7) is 3.63. The van der Waals surface area contributed by atoms with Gasteiger partial charge in [0.2, 0.25) is 0 Å². The van der Waals surface area contributed by atoms with Gasteiger partial charge in [0.15, 0.2) is 0 Å². The fraction of sp³-hybridized carbons (Fsp3) is 0.217. The Kier molecular flexibility index (Phi) is 7.48. The standard InChI is InChI=1S/C23H23Cl2N3O5S2/c1-16-3-2-4-19(13-16)34(29,30)26-18-6-8-22(28-9-11-33-12-10-28)23(15-18)35(31,32)27-21-14-17(24)5-7-20(21)25/h2-8,13-15,26-27H,9-12H2,1H3. The van der Waals surface area contributed by atoms with Gasteiger partial charge in [0.25, 0.3) is 20.0 Å². The lowest BCUT2D eigenvalue weighted by Gasteiger charge is -2.30. The molecule has 0 saturated carbocycles. The lowest BCUT2D eigenvalue weighted by molar-refractivity contribution is 0.122. The van der Waals surface area contributed by atoms with Crippen molar-refractivity contribution in [2.24, 2.45) is 0 Å². The van der Waals surface area contributed by atoms with Gasteiger partial charge in [-0.3, -0.25) is 9.44 Å². The average Bonchev–Trinajstić information content (AvgIpc) is 2.81. The minimum absolute atomic E-state index is 0.0722. The third kappa shape index (κ3) is 6.02. The van der Waals surface area contributed by atoms with Crippen molar-refractivity contribution >= 4 is 60.3 Å². The minimum Gasteiger partial charge on any atom is -0.378 e. The van der Waals surface area contributed by atoms with Crippen LogP contribution in [0.15, 0.2) is 70.5 Å². The van der Waals surface area contributed by atoms with E-state index in [2.05, 4.69) is 9.44 Å². The summed E-state index contributed by atoms with van der Waals surface area (Å²) in [6, 6.07) is 15.3. The molecule has 4 rings (SSSR count). The van der Waals surface area contributed by atoms with Crippen LogP contribution in [0.1, 0.15) is 5.56 Å². The molecular weight excluding hydrogens is 533 g/mol. The van der Waals surface area contributed by atoms with Crippen molar-refractivity contribution in [3.63, 3.8) is 0 Å². The van der Waals surface area contributed by atoms with E-state index in [0.29, 0.717) is 37.0 Å². The second-order valence-electron chi connectivity index (χ2n) is 7.93. The Labute approximate surface area is 214 Å². The first-order valence-corrected chi connectivity index (χ1v) is 14.3. The number of halogens is 2. The van der Waals surface area contributed by atoms with Crippen LogP contribution in [-0.4, -0.2) is 43.1 Å². The molecule has 0 spiro atoms. The predicted octanol–water partition coefficient (Wildman–Crippen LogP) is 4.74. The van der Waals surface area contributed by atoms with Crippen molar-refractivity contribution in [2.45, 2.75) is 16.7 Å². The van der Waals surface area contributed by atoms with E-state index in [1.807, 2.05) is 4.90 Å². The van der Waals surface area contributed by atoms with Gasteiger partial charge in [-0.25, -0.2) is 16.8 Å². The molecular formula is C23H23Cl2N3O5S2. The molecule has 3 aromatic rings. The first-order valence-electron chi connectivity index (χ1n) is 10.6. The number of anilines is 3. The molecule has 0 radical (unpaired) electrons. The molecule has 0 bridgehead atoms. The van der Waals surface area contributed by atoms with E-state index >= 15 is 0 Å². The maximum Gasteiger partial charge on any atom is 0.264 e. The molecule has 12 heteroatoms. The van der Waals surface area contributed by atoms with Crippen LogP contribution in [0.25, 0.3) is 0 Å². The largest absolute Gasteiger partial charge is 0.378 e. The summed E-state index contributed by atoms with van der Waals surface area (Å²) in [5, 5.41) is 0.474.